The molecule has 17 heteroatoms. The lowest BCUT2D eigenvalue weighted by molar-refractivity contribution is -0.149. The second-order valence-corrected chi connectivity index (χ2v) is 18.2. The number of esters is 2. The Morgan fingerprint density at radius 1 is 0.635 bits per heavy atom. The van der Waals surface area contributed by atoms with Gasteiger partial charge in [0.1, 0.15) is 28.7 Å². The maximum absolute atomic E-state index is 13.2. The summed E-state index contributed by atoms with van der Waals surface area (Å²) >= 11 is 0. The third-order valence-electron chi connectivity index (χ3n) is 13.1. The lowest BCUT2D eigenvalue weighted by atomic mass is 9.90. The molecule has 14 nitrogen and oxygen atoms in total. The summed E-state index contributed by atoms with van der Waals surface area (Å²) in [6, 6.07) is 36.1. The van der Waals surface area contributed by atoms with E-state index in [1.54, 1.807) is 11.8 Å². The van der Waals surface area contributed by atoms with Crippen molar-refractivity contribution >= 4 is 17.9 Å². The molecule has 2 fully saturated rings. The second kappa shape index (κ2) is 24.9. The maximum Gasteiger partial charge on any atom is 0.433 e. The fraction of sp³-hybridized carbons (Fsp3) is 0.368. The van der Waals surface area contributed by atoms with Crippen molar-refractivity contribution in [1.29, 1.82) is 0 Å². The van der Waals surface area contributed by atoms with Crippen LogP contribution < -0.4 is 19.7 Å². The number of aryl methyl sites for hydroxylation is 2. The summed E-state index contributed by atoms with van der Waals surface area (Å²) in [4.78, 5) is 43.5. The third kappa shape index (κ3) is 13.9. The van der Waals surface area contributed by atoms with Crippen LogP contribution in [0.15, 0.2) is 130 Å². The van der Waals surface area contributed by atoms with E-state index in [1.807, 2.05) is 118 Å². The number of benzene rings is 4. The largest absolute Gasteiger partial charge is 0.493 e. The molecule has 0 aliphatic carbocycles. The van der Waals surface area contributed by atoms with Crippen molar-refractivity contribution in [2.24, 2.45) is 23.7 Å². The van der Waals surface area contributed by atoms with Gasteiger partial charge in [-0.1, -0.05) is 60.7 Å². The molecule has 0 saturated carbocycles. The van der Waals surface area contributed by atoms with Crippen LogP contribution in [0, 0.1) is 37.5 Å². The number of nitrogens with zero attached hydrogens (tertiary/aromatic N) is 5. The number of carbonyl (C=O) groups excluding carboxylic acids is 2. The Bertz CT molecular complexity index is 2900. The summed E-state index contributed by atoms with van der Waals surface area (Å²) in [6.45, 7) is 11.0. The van der Waals surface area contributed by atoms with Crippen molar-refractivity contribution in [2.75, 3.05) is 57.5 Å². The first-order valence-electron chi connectivity index (χ1n) is 25.0. The number of aromatic nitrogens is 4. The van der Waals surface area contributed by atoms with Gasteiger partial charge >= 0.3 is 18.1 Å². The SMILES string of the molecule is CCOC(=O)[C@@H]1CNC[C@@H]1Cc1ccc(OCCc2nc(-c3ccccc3)oc2C)cc1.CCOC(=O)[C@H]1CN(c2nccc(C(F)(F)F)n2)C[C@H]1Cc1ccc(OCCc2nc(-c3ccccc3)oc2C)cc1. The molecule has 3 aromatic heterocycles. The fourth-order valence-corrected chi connectivity index (χ4v) is 9.20. The molecule has 388 valence electrons. The van der Waals surface area contributed by atoms with Crippen molar-refractivity contribution in [2.45, 2.75) is 59.6 Å². The summed E-state index contributed by atoms with van der Waals surface area (Å²) in [5, 5.41) is 3.31. The number of hydrogen-bond acceptors (Lipinski definition) is 14. The summed E-state index contributed by atoms with van der Waals surface area (Å²) in [5.74, 6) is 3.26. The molecule has 4 atom stereocenters. The molecule has 1 N–H and O–H groups in total. The average molecular weight is 1020 g/mol. The molecule has 0 spiro atoms. The number of hydrogen-bond donors (Lipinski definition) is 1. The van der Waals surface area contributed by atoms with Crippen molar-refractivity contribution in [3.8, 4) is 34.4 Å². The topological polar surface area (TPSA) is 164 Å². The van der Waals surface area contributed by atoms with E-state index in [-0.39, 0.29) is 48.8 Å². The van der Waals surface area contributed by atoms with Crippen LogP contribution in [-0.2, 0) is 50.9 Å². The van der Waals surface area contributed by atoms with E-state index in [0.717, 1.165) is 70.6 Å². The van der Waals surface area contributed by atoms with Gasteiger partial charge in [-0.15, -0.1) is 0 Å². The van der Waals surface area contributed by atoms with Gasteiger partial charge in [0, 0.05) is 49.8 Å². The van der Waals surface area contributed by atoms with Crippen LogP contribution in [0.4, 0.5) is 19.1 Å². The van der Waals surface area contributed by atoms with Gasteiger partial charge < -0.3 is 38.0 Å². The smallest absolute Gasteiger partial charge is 0.433 e. The van der Waals surface area contributed by atoms with E-state index < -0.39 is 17.8 Å². The first kappa shape index (κ1) is 52.8. The molecule has 2 aliphatic rings. The predicted octanol–water partition coefficient (Wildman–Crippen LogP) is 10.2. The highest BCUT2D eigenvalue weighted by Crippen LogP contribution is 2.34. The van der Waals surface area contributed by atoms with Gasteiger partial charge in [0.15, 0.2) is 0 Å². The zero-order chi connectivity index (χ0) is 52.0. The van der Waals surface area contributed by atoms with E-state index in [9.17, 15) is 22.8 Å². The molecule has 0 bridgehead atoms. The van der Waals surface area contributed by atoms with E-state index in [1.165, 1.54) is 5.56 Å². The van der Waals surface area contributed by atoms with E-state index in [2.05, 4.69) is 37.4 Å². The first-order valence-corrected chi connectivity index (χ1v) is 25.0. The Morgan fingerprint density at radius 2 is 1.14 bits per heavy atom. The lowest BCUT2D eigenvalue weighted by Gasteiger charge is -2.17. The molecule has 2 saturated heterocycles. The maximum atomic E-state index is 13.2. The minimum atomic E-state index is -4.58. The van der Waals surface area contributed by atoms with Gasteiger partial charge in [-0.25, -0.2) is 19.9 Å². The Balaban J connectivity index is 0.000000204. The predicted molar refractivity (Wildman–Crippen MR) is 271 cm³/mol. The van der Waals surface area contributed by atoms with Crippen molar-refractivity contribution in [3.05, 3.63) is 161 Å². The standard InChI is InChI=1S/C31H31F3N4O4.C26H30N2O4/c1-3-40-29(39)25-19-38(30-35-15-13-27(37-30)31(32,33)34)18-23(25)17-21-9-11-24(12-10-21)41-16-14-26-20(2)42-28(36-26)22-7-5-4-6-8-22;1-3-30-26(29)23-17-27-16-21(23)15-19-9-11-22(12-10-19)31-14-13-24-18(2)32-25(28-24)20-7-5-4-6-8-20/h4-13,15,23,25H,3,14,16-19H2,1-2H3;4-12,21,23,27H,3,13-17H2,1-2H3/t23-,25+;21-,23+/m10/s1. The third-order valence-corrected chi connectivity index (χ3v) is 13.1. The van der Waals surface area contributed by atoms with Gasteiger partial charge in [0.05, 0.1) is 49.7 Å². The molecule has 5 heterocycles. The van der Waals surface area contributed by atoms with Crippen LogP contribution in [-0.4, -0.2) is 84.5 Å². The quantitative estimate of drug-likeness (QED) is 0.0761. The number of alkyl halides is 3. The van der Waals surface area contributed by atoms with Gasteiger partial charge in [-0.05, 0) is 125 Å². The summed E-state index contributed by atoms with van der Waals surface area (Å²) in [7, 11) is 0. The van der Waals surface area contributed by atoms with Crippen LogP contribution >= 0.6 is 0 Å². The minimum Gasteiger partial charge on any atom is -0.493 e. The monoisotopic (exact) mass is 1010 g/mol. The highest BCUT2D eigenvalue weighted by molar-refractivity contribution is 5.75. The van der Waals surface area contributed by atoms with Crippen LogP contribution in [0.5, 0.6) is 11.5 Å². The van der Waals surface area contributed by atoms with Crippen LogP contribution in [0.2, 0.25) is 0 Å². The molecule has 0 amide bonds. The van der Waals surface area contributed by atoms with E-state index >= 15 is 0 Å². The number of carbonyl (C=O) groups is 2. The summed E-state index contributed by atoms with van der Waals surface area (Å²) in [6.07, 6.45) is -0.862. The second-order valence-electron chi connectivity index (χ2n) is 18.2. The molecule has 7 aromatic rings. The lowest BCUT2D eigenvalue weighted by Crippen LogP contribution is -2.27. The van der Waals surface area contributed by atoms with Crippen molar-refractivity contribution in [1.82, 2.24) is 25.3 Å². The number of oxazole rings is 2. The average Bonchev–Trinajstić information content (AvgIpc) is 4.23. The summed E-state index contributed by atoms with van der Waals surface area (Å²) < 4.78 is 73.6. The minimum absolute atomic E-state index is 0.0522. The number of nitrogens with one attached hydrogen (secondary N) is 1. The zero-order valence-corrected chi connectivity index (χ0v) is 42.0. The summed E-state index contributed by atoms with van der Waals surface area (Å²) in [5.41, 5.74) is 4.79. The Kier molecular flexibility index (Phi) is 17.8. The van der Waals surface area contributed by atoms with Gasteiger partial charge in [0.25, 0.3) is 0 Å². The van der Waals surface area contributed by atoms with Crippen LogP contribution in [0.3, 0.4) is 0 Å². The number of anilines is 1. The van der Waals surface area contributed by atoms with Crippen LogP contribution in [0.25, 0.3) is 22.9 Å². The molecule has 0 unspecified atom stereocenters. The Morgan fingerprint density at radius 3 is 1.64 bits per heavy atom. The fourth-order valence-electron chi connectivity index (χ4n) is 9.20. The number of ether oxygens (including phenoxy) is 4. The molecule has 9 rings (SSSR count). The van der Waals surface area contributed by atoms with Crippen molar-refractivity contribution in [3.63, 3.8) is 0 Å². The first-order chi connectivity index (χ1) is 35.8. The molecule has 4 aromatic carbocycles. The van der Waals surface area contributed by atoms with E-state index in [4.69, 9.17) is 27.8 Å². The van der Waals surface area contributed by atoms with Gasteiger partial charge in [-0.2, -0.15) is 13.2 Å². The van der Waals surface area contributed by atoms with Crippen molar-refractivity contribution < 1.29 is 50.5 Å². The Labute approximate surface area is 428 Å². The molecule has 0 radical (unpaired) electrons. The highest BCUT2D eigenvalue weighted by atomic mass is 19.4. The van der Waals surface area contributed by atoms with Crippen LogP contribution in [0.1, 0.15) is 53.6 Å². The van der Waals surface area contributed by atoms with E-state index in [0.29, 0.717) is 69.7 Å². The molecular formula is C57H61F3N6O8. The normalized spacial score (nSPS) is 17.4. The van der Waals surface area contributed by atoms with Gasteiger partial charge in [0.2, 0.25) is 17.7 Å². The highest BCUT2D eigenvalue weighted by Gasteiger charge is 2.41. The molecule has 2 aliphatic heterocycles. The molecule has 74 heavy (non-hydrogen) atoms. The van der Waals surface area contributed by atoms with Gasteiger partial charge in [-0.3, -0.25) is 9.59 Å². The molecular weight excluding hydrogens is 954 g/mol. The zero-order valence-electron chi connectivity index (χ0n) is 42.0. The Hall–Kier alpha value is -7.53. The number of halogens is 3. The number of rotatable bonds is 19.